The molecule has 1 unspecified atom stereocenters. The van der Waals surface area contributed by atoms with Gasteiger partial charge in [0.05, 0.1) is 19.2 Å². The monoisotopic (exact) mass is 480 g/mol. The van der Waals surface area contributed by atoms with Crippen LogP contribution in [0.5, 0.6) is 0 Å². The van der Waals surface area contributed by atoms with Crippen molar-refractivity contribution in [3.63, 3.8) is 0 Å². The van der Waals surface area contributed by atoms with E-state index in [0.29, 0.717) is 29.8 Å². The molecule has 1 heterocycles. The minimum Gasteiger partial charge on any atom is -0.383 e. The van der Waals surface area contributed by atoms with Gasteiger partial charge in [-0.05, 0) is 36.1 Å². The summed E-state index contributed by atoms with van der Waals surface area (Å²) >= 11 is 1.36. The van der Waals surface area contributed by atoms with Gasteiger partial charge >= 0.3 is 6.03 Å². The number of aromatic nitrogens is 1. The summed E-state index contributed by atoms with van der Waals surface area (Å²) < 4.78 is 5.18. The molecule has 7 nitrogen and oxygen atoms in total. The van der Waals surface area contributed by atoms with Crippen LogP contribution in [0.15, 0.2) is 60.0 Å². The molecule has 0 aliphatic heterocycles. The van der Waals surface area contributed by atoms with Crippen molar-refractivity contribution >= 4 is 29.0 Å². The Labute approximate surface area is 205 Å². The van der Waals surface area contributed by atoms with Crippen LogP contribution in [0.3, 0.4) is 0 Å². The topological polar surface area (TPSA) is 83.6 Å². The summed E-state index contributed by atoms with van der Waals surface area (Å²) in [4.78, 5) is 31.7. The van der Waals surface area contributed by atoms with Crippen LogP contribution in [0.2, 0.25) is 0 Å². The average molecular weight is 481 g/mol. The molecule has 0 saturated heterocycles. The molecule has 2 N–H and O–H groups in total. The van der Waals surface area contributed by atoms with Gasteiger partial charge in [-0.1, -0.05) is 56.3 Å². The molecule has 0 aliphatic rings. The zero-order chi connectivity index (χ0) is 24.5. The summed E-state index contributed by atoms with van der Waals surface area (Å²) in [6, 6.07) is 17.2. The SMILES string of the molecule is COCCN(Cc1nc(C(=O)NC(C)c2ccccc2)cs1)C(=O)Nc1ccc(C(C)C)cc1. The van der Waals surface area contributed by atoms with Crippen LogP contribution in [0.25, 0.3) is 0 Å². The second kappa shape index (κ2) is 12.3. The number of nitrogens with one attached hydrogen (secondary N) is 2. The number of urea groups is 1. The molecular weight excluding hydrogens is 448 g/mol. The zero-order valence-corrected chi connectivity index (χ0v) is 20.9. The maximum atomic E-state index is 12.9. The number of carbonyl (C=O) groups is 2. The predicted octanol–water partition coefficient (Wildman–Crippen LogP) is 5.44. The van der Waals surface area contributed by atoms with Crippen LogP contribution >= 0.6 is 11.3 Å². The van der Waals surface area contributed by atoms with E-state index in [1.54, 1.807) is 17.4 Å². The van der Waals surface area contributed by atoms with Crippen LogP contribution in [0, 0.1) is 0 Å². The summed E-state index contributed by atoms with van der Waals surface area (Å²) in [6.07, 6.45) is 0. The van der Waals surface area contributed by atoms with Gasteiger partial charge in [0.25, 0.3) is 5.91 Å². The smallest absolute Gasteiger partial charge is 0.322 e. The Bertz CT molecular complexity index is 1070. The van der Waals surface area contributed by atoms with Crippen molar-refractivity contribution < 1.29 is 14.3 Å². The third-order valence-electron chi connectivity index (χ3n) is 5.44. The van der Waals surface area contributed by atoms with Crippen LogP contribution in [0.1, 0.15) is 59.4 Å². The summed E-state index contributed by atoms with van der Waals surface area (Å²) in [5.41, 5.74) is 3.31. The first-order chi connectivity index (χ1) is 16.4. The number of hydrogen-bond acceptors (Lipinski definition) is 5. The van der Waals surface area contributed by atoms with Crippen LogP contribution < -0.4 is 10.6 Å². The van der Waals surface area contributed by atoms with Crippen molar-refractivity contribution in [2.75, 3.05) is 25.6 Å². The fourth-order valence-corrected chi connectivity index (χ4v) is 4.14. The zero-order valence-electron chi connectivity index (χ0n) is 20.1. The Hall–Kier alpha value is -3.23. The lowest BCUT2D eigenvalue weighted by Crippen LogP contribution is -2.36. The van der Waals surface area contributed by atoms with Gasteiger partial charge in [0, 0.05) is 24.7 Å². The quantitative estimate of drug-likeness (QED) is 0.405. The molecule has 180 valence electrons. The van der Waals surface area contributed by atoms with Gasteiger partial charge in [-0.15, -0.1) is 11.3 Å². The molecule has 1 atom stereocenters. The van der Waals surface area contributed by atoms with Gasteiger partial charge in [0.2, 0.25) is 0 Å². The average Bonchev–Trinajstić information content (AvgIpc) is 3.31. The lowest BCUT2D eigenvalue weighted by molar-refractivity contribution is 0.0935. The van der Waals surface area contributed by atoms with Crippen LogP contribution in [-0.2, 0) is 11.3 Å². The molecule has 0 saturated carbocycles. The Morgan fingerprint density at radius 2 is 1.74 bits per heavy atom. The molecule has 3 rings (SSSR count). The largest absolute Gasteiger partial charge is 0.383 e. The lowest BCUT2D eigenvalue weighted by Gasteiger charge is -2.22. The maximum absolute atomic E-state index is 12.9. The Morgan fingerprint density at radius 1 is 1.03 bits per heavy atom. The summed E-state index contributed by atoms with van der Waals surface area (Å²) in [5.74, 6) is 0.187. The second-order valence-corrected chi connectivity index (χ2v) is 9.30. The Kier molecular flexibility index (Phi) is 9.18. The highest BCUT2D eigenvalue weighted by molar-refractivity contribution is 7.09. The summed E-state index contributed by atoms with van der Waals surface area (Å²) in [6.45, 7) is 7.28. The summed E-state index contributed by atoms with van der Waals surface area (Å²) in [7, 11) is 1.60. The number of rotatable bonds is 10. The highest BCUT2D eigenvalue weighted by Crippen LogP contribution is 2.19. The molecule has 0 bridgehead atoms. The van der Waals surface area contributed by atoms with Crippen LogP contribution in [0.4, 0.5) is 10.5 Å². The van der Waals surface area contributed by atoms with E-state index in [-0.39, 0.29) is 24.5 Å². The molecule has 0 spiro atoms. The highest BCUT2D eigenvalue weighted by atomic mass is 32.1. The molecule has 0 aliphatic carbocycles. The molecule has 3 amide bonds. The lowest BCUT2D eigenvalue weighted by atomic mass is 10.0. The molecule has 8 heteroatoms. The molecule has 0 radical (unpaired) electrons. The number of thiazole rings is 1. The van der Waals surface area contributed by atoms with E-state index < -0.39 is 0 Å². The van der Waals surface area contributed by atoms with Crippen LogP contribution in [-0.4, -0.2) is 42.1 Å². The van der Waals surface area contributed by atoms with Crippen molar-refractivity contribution in [3.8, 4) is 0 Å². The molecule has 3 aromatic rings. The van der Waals surface area contributed by atoms with Crippen molar-refractivity contribution in [2.45, 2.75) is 39.3 Å². The van der Waals surface area contributed by atoms with Gasteiger partial charge in [-0.25, -0.2) is 9.78 Å². The number of anilines is 1. The van der Waals surface area contributed by atoms with Gasteiger partial charge in [0.15, 0.2) is 0 Å². The molecule has 0 fully saturated rings. The van der Waals surface area contributed by atoms with E-state index in [9.17, 15) is 9.59 Å². The number of benzene rings is 2. The van der Waals surface area contributed by atoms with Crippen molar-refractivity contribution in [2.24, 2.45) is 0 Å². The van der Waals surface area contributed by atoms with E-state index in [1.807, 2.05) is 61.5 Å². The first kappa shape index (κ1) is 25.4. The third-order valence-corrected chi connectivity index (χ3v) is 6.27. The third kappa shape index (κ3) is 7.13. The Balaban J connectivity index is 1.63. The van der Waals surface area contributed by atoms with Gasteiger partial charge in [-0.3, -0.25) is 4.79 Å². The fraction of sp³-hybridized carbons (Fsp3) is 0.346. The van der Waals surface area contributed by atoms with Gasteiger partial charge in [-0.2, -0.15) is 0 Å². The fourth-order valence-electron chi connectivity index (χ4n) is 3.35. The standard InChI is InChI=1S/C26H32N4O3S/c1-18(2)20-10-12-22(13-11-20)28-26(32)30(14-15-33-4)16-24-29-23(17-34-24)25(31)27-19(3)21-8-6-5-7-9-21/h5-13,17-19H,14-16H2,1-4H3,(H,27,31)(H,28,32). The van der Waals surface area contributed by atoms with Crippen molar-refractivity contribution in [1.82, 2.24) is 15.2 Å². The second-order valence-electron chi connectivity index (χ2n) is 8.35. The normalized spacial score (nSPS) is 11.8. The van der Waals surface area contributed by atoms with E-state index in [4.69, 9.17) is 4.74 Å². The molecule has 34 heavy (non-hydrogen) atoms. The number of hydrogen-bond donors (Lipinski definition) is 2. The van der Waals surface area contributed by atoms with E-state index in [2.05, 4.69) is 29.5 Å². The van der Waals surface area contributed by atoms with Crippen molar-refractivity contribution in [1.29, 1.82) is 0 Å². The molecular formula is C26H32N4O3S. The number of ether oxygens (including phenoxy) is 1. The highest BCUT2D eigenvalue weighted by Gasteiger charge is 2.19. The van der Waals surface area contributed by atoms with Gasteiger partial charge < -0.3 is 20.3 Å². The maximum Gasteiger partial charge on any atom is 0.322 e. The number of amides is 3. The minimum atomic E-state index is -0.242. The predicted molar refractivity (Wildman–Crippen MR) is 136 cm³/mol. The van der Waals surface area contributed by atoms with E-state index in [1.165, 1.54) is 16.9 Å². The molecule has 2 aromatic carbocycles. The Morgan fingerprint density at radius 3 is 2.38 bits per heavy atom. The number of nitrogens with zero attached hydrogens (tertiary/aromatic N) is 2. The summed E-state index contributed by atoms with van der Waals surface area (Å²) in [5, 5.41) is 8.31. The van der Waals surface area contributed by atoms with E-state index in [0.717, 1.165) is 11.3 Å². The van der Waals surface area contributed by atoms with Crippen molar-refractivity contribution in [3.05, 3.63) is 81.8 Å². The van der Waals surface area contributed by atoms with Gasteiger partial charge in [0.1, 0.15) is 10.7 Å². The van der Waals surface area contributed by atoms with E-state index >= 15 is 0 Å². The number of carbonyl (C=O) groups excluding carboxylic acids is 2. The first-order valence-corrected chi connectivity index (χ1v) is 12.2. The molecule has 1 aromatic heterocycles. The number of methoxy groups -OCH3 is 1. The minimum absolute atomic E-state index is 0.134. The first-order valence-electron chi connectivity index (χ1n) is 11.3.